The van der Waals surface area contributed by atoms with Crippen LogP contribution in [-0.4, -0.2) is 159 Å². The molecule has 7 N–H and O–H groups in total. The Morgan fingerprint density at radius 2 is 1.44 bits per heavy atom. The molecule has 2 bridgehead atoms. The second kappa shape index (κ2) is 22.2. The zero-order chi connectivity index (χ0) is 54.2. The zero-order valence-corrected chi connectivity index (χ0v) is 42.6. The Balaban J connectivity index is 1.24. The summed E-state index contributed by atoms with van der Waals surface area (Å²) in [6, 6.07) is 26.0. The van der Waals surface area contributed by atoms with Crippen LogP contribution < -0.4 is 5.32 Å². The first-order valence-corrected chi connectivity index (χ1v) is 25.0. The first kappa shape index (κ1) is 55.7. The van der Waals surface area contributed by atoms with Crippen molar-refractivity contribution in [2.45, 2.75) is 152 Å². The Morgan fingerprint density at radius 1 is 0.813 bits per heavy atom. The molecule has 3 aromatic carbocycles. The van der Waals surface area contributed by atoms with Crippen molar-refractivity contribution in [3.8, 4) is 0 Å². The van der Waals surface area contributed by atoms with Crippen LogP contribution in [0, 0.1) is 16.7 Å². The quantitative estimate of drug-likeness (QED) is 0.0577. The minimum atomic E-state index is -2.28. The van der Waals surface area contributed by atoms with Crippen LogP contribution >= 0.6 is 0 Å². The fraction of sp³-hybridized carbons (Fsp3) is 0.545. The molecule has 75 heavy (non-hydrogen) atoms. The molecule has 2 aliphatic heterocycles. The molecule has 406 valence electrons. The number of rotatable bonds is 17. The van der Waals surface area contributed by atoms with Crippen molar-refractivity contribution in [1.82, 2.24) is 5.32 Å². The Morgan fingerprint density at radius 3 is 2.03 bits per heavy atom. The third-order valence-electron chi connectivity index (χ3n) is 16.0. The van der Waals surface area contributed by atoms with Crippen LogP contribution in [-0.2, 0) is 75.0 Å². The molecule has 3 aromatic rings. The molecule has 16 atom stereocenters. The summed E-state index contributed by atoms with van der Waals surface area (Å²) in [5.41, 5.74) is -5.52. The van der Waals surface area contributed by atoms with Crippen molar-refractivity contribution in [2.75, 3.05) is 19.8 Å². The van der Waals surface area contributed by atoms with E-state index in [1.165, 1.54) is 6.92 Å². The van der Waals surface area contributed by atoms with Crippen LogP contribution in [0.4, 0.5) is 0 Å². The zero-order valence-electron chi connectivity index (χ0n) is 42.6. The van der Waals surface area contributed by atoms with Gasteiger partial charge in [-0.3, -0.25) is 14.4 Å². The molecule has 0 spiro atoms. The van der Waals surface area contributed by atoms with E-state index in [1.807, 2.05) is 30.3 Å². The summed E-state index contributed by atoms with van der Waals surface area (Å²) in [6.07, 6.45) is -18.7. The number of aliphatic hydroxyl groups is 6. The van der Waals surface area contributed by atoms with Gasteiger partial charge in [0.25, 0.3) is 0 Å². The first-order chi connectivity index (χ1) is 35.6. The number of hydrogen-bond acceptors (Lipinski definition) is 20. The van der Waals surface area contributed by atoms with Crippen molar-refractivity contribution in [1.29, 1.82) is 0 Å². The number of aliphatic hydroxyl groups excluding tert-OH is 5. The monoisotopic (exact) mass is 1050 g/mol. The molecule has 2 saturated heterocycles. The molecular weight excluding hydrogens is 979 g/mol. The van der Waals surface area contributed by atoms with Gasteiger partial charge < -0.3 is 73.9 Å². The summed E-state index contributed by atoms with van der Waals surface area (Å²) in [5.74, 6) is -6.32. The lowest BCUT2D eigenvalue weighted by Gasteiger charge is -2.68. The second-order valence-corrected chi connectivity index (χ2v) is 20.9. The Labute approximate surface area is 433 Å². The van der Waals surface area contributed by atoms with Crippen molar-refractivity contribution >= 4 is 29.7 Å². The average Bonchev–Trinajstić information content (AvgIpc) is 3.38. The lowest BCUT2D eigenvalue weighted by Crippen LogP contribution is -2.82. The fourth-order valence-corrected chi connectivity index (χ4v) is 12.0. The normalized spacial score (nSPS) is 34.7. The third-order valence-corrected chi connectivity index (χ3v) is 16.0. The highest BCUT2D eigenvalue weighted by Gasteiger charge is 2.78. The second-order valence-electron chi connectivity index (χ2n) is 20.9. The van der Waals surface area contributed by atoms with Gasteiger partial charge in [0.1, 0.15) is 54.9 Å². The SMILES string of the molecule is CC(=O)O[C@H]1C(=O)[C@@]2(C)C([C@H](OCc3ccccc3)[C@]3(O)C[C@H](OC(=O)[C@H](O)[C@@H](NCc4ccccc4)c4ccccc4)C(C)=C1C3(C)C)[C@]1(OC(C)=O)CO[C@@H]1C[C@@H]2OC(=O)CO[C@H]1O[C@H](CO)[C@@H](O)[C@H](O)[C@H]1O. The number of ether oxygens (including phenoxy) is 8. The van der Waals surface area contributed by atoms with Crippen LogP contribution in [0.1, 0.15) is 77.1 Å². The number of nitrogens with one attached hydrogen (secondary N) is 1. The molecule has 20 heteroatoms. The smallest absolute Gasteiger partial charge is 0.337 e. The molecule has 5 aliphatic rings. The van der Waals surface area contributed by atoms with E-state index in [0.29, 0.717) is 11.1 Å². The number of hydrogen-bond donors (Lipinski definition) is 7. The van der Waals surface area contributed by atoms with Gasteiger partial charge in [-0.05, 0) is 41.7 Å². The largest absolute Gasteiger partial charge is 0.459 e. The van der Waals surface area contributed by atoms with Crippen LogP contribution in [0.5, 0.6) is 0 Å². The van der Waals surface area contributed by atoms with Crippen LogP contribution in [0.25, 0.3) is 0 Å². The Bertz CT molecular complexity index is 2580. The number of esters is 4. The van der Waals surface area contributed by atoms with Crippen LogP contribution in [0.2, 0.25) is 0 Å². The lowest BCUT2D eigenvalue weighted by molar-refractivity contribution is -0.352. The van der Waals surface area contributed by atoms with E-state index in [0.717, 1.165) is 19.4 Å². The van der Waals surface area contributed by atoms with E-state index >= 15 is 4.79 Å². The van der Waals surface area contributed by atoms with Crippen molar-refractivity contribution in [3.63, 3.8) is 0 Å². The molecule has 1 unspecified atom stereocenters. The summed E-state index contributed by atoms with van der Waals surface area (Å²) in [6.45, 7) is 6.51. The van der Waals surface area contributed by atoms with E-state index in [-0.39, 0.29) is 37.3 Å². The molecule has 0 aromatic heterocycles. The molecule has 2 heterocycles. The van der Waals surface area contributed by atoms with Gasteiger partial charge in [-0.1, -0.05) is 105 Å². The lowest BCUT2D eigenvalue weighted by atomic mass is 9.44. The van der Waals surface area contributed by atoms with Crippen LogP contribution in [0.15, 0.2) is 102 Å². The van der Waals surface area contributed by atoms with Gasteiger partial charge in [-0.15, -0.1) is 0 Å². The predicted molar refractivity (Wildman–Crippen MR) is 260 cm³/mol. The van der Waals surface area contributed by atoms with Gasteiger partial charge in [-0.2, -0.15) is 0 Å². The minimum absolute atomic E-state index is 0.0306. The summed E-state index contributed by atoms with van der Waals surface area (Å²) in [5, 5.41) is 70.4. The molecule has 8 rings (SSSR count). The van der Waals surface area contributed by atoms with Crippen molar-refractivity contribution in [3.05, 3.63) is 119 Å². The number of Topliss-reactive ketones (excluding diaryl/α,β-unsaturated/α-hetero) is 1. The van der Waals surface area contributed by atoms with Gasteiger partial charge in [0, 0.05) is 44.6 Å². The summed E-state index contributed by atoms with van der Waals surface area (Å²) in [7, 11) is 0. The van der Waals surface area contributed by atoms with Gasteiger partial charge in [0.2, 0.25) is 0 Å². The molecule has 2 saturated carbocycles. The first-order valence-electron chi connectivity index (χ1n) is 25.0. The maximum Gasteiger partial charge on any atom is 0.337 e. The number of fused-ring (bicyclic) bond motifs is 5. The van der Waals surface area contributed by atoms with E-state index in [9.17, 15) is 49.8 Å². The maximum atomic E-state index is 16.3. The van der Waals surface area contributed by atoms with E-state index < -0.39 is 151 Å². The Kier molecular flexibility index (Phi) is 16.5. The molecule has 4 fully saturated rings. The summed E-state index contributed by atoms with van der Waals surface area (Å²) < 4.78 is 48.8. The van der Waals surface area contributed by atoms with E-state index in [2.05, 4.69) is 5.32 Å². The number of ketones is 1. The van der Waals surface area contributed by atoms with Gasteiger partial charge in [0.15, 0.2) is 29.9 Å². The van der Waals surface area contributed by atoms with E-state index in [4.69, 9.17) is 37.9 Å². The molecule has 0 amide bonds. The van der Waals surface area contributed by atoms with Gasteiger partial charge in [-0.25, -0.2) is 9.59 Å². The summed E-state index contributed by atoms with van der Waals surface area (Å²) >= 11 is 0. The highest BCUT2D eigenvalue weighted by Crippen LogP contribution is 2.65. The number of benzene rings is 3. The highest BCUT2D eigenvalue weighted by molar-refractivity contribution is 5.95. The van der Waals surface area contributed by atoms with Gasteiger partial charge in [0.05, 0.1) is 37.4 Å². The Hall–Kier alpha value is -5.49. The third kappa shape index (κ3) is 10.4. The standard InChI is InChI=1S/C55H67NO19/c1-29-35(72-50(66)43(62)41(34-20-14-9-15-21-34)56-24-32-16-10-7-11-17-32)23-55(67)49(68-26-33-18-12-8-13-19-33)47-53(6,48(65)46(71-30(2)58)40(29)52(55,4)5)37(22-38-54(47,28-70-38)75-31(3)59)74-39(60)27-69-51-45(64)44(63)42(61)36(25-57)73-51/h7-21,35-38,41-47,49,51,56-57,61-64,67H,22-28H2,1-6H3/t35-,36+,37-,38+,41-,42+,43+,44-,45+,46+,47?,49-,51-,53+,54-,55+/m0/s1. The molecule has 20 nitrogen and oxygen atoms in total. The number of carbonyl (C=O) groups is 5. The topological polar surface area (TPSA) is 293 Å². The summed E-state index contributed by atoms with van der Waals surface area (Å²) in [4.78, 5) is 71.7. The number of carbonyl (C=O) groups excluding carboxylic acids is 5. The van der Waals surface area contributed by atoms with Crippen molar-refractivity contribution < 1.29 is 92.5 Å². The van der Waals surface area contributed by atoms with Crippen molar-refractivity contribution in [2.24, 2.45) is 16.7 Å². The highest BCUT2D eigenvalue weighted by atomic mass is 16.7. The van der Waals surface area contributed by atoms with Gasteiger partial charge >= 0.3 is 23.9 Å². The predicted octanol–water partition coefficient (Wildman–Crippen LogP) is 1.82. The fourth-order valence-electron chi connectivity index (χ4n) is 12.0. The minimum Gasteiger partial charge on any atom is -0.459 e. The van der Waals surface area contributed by atoms with E-state index in [1.54, 1.807) is 81.4 Å². The maximum absolute atomic E-state index is 16.3. The molecular formula is C55H67NO19. The molecule has 0 radical (unpaired) electrons. The average molecular weight is 1050 g/mol. The van der Waals surface area contributed by atoms with Crippen LogP contribution in [0.3, 0.4) is 0 Å². The molecule has 3 aliphatic carbocycles.